The molecule has 1 aromatic heterocycles. The fourth-order valence-electron chi connectivity index (χ4n) is 1.52. The van der Waals surface area contributed by atoms with Gasteiger partial charge in [-0.25, -0.2) is 5.43 Å². The topological polar surface area (TPSA) is 80.4 Å². The Morgan fingerprint density at radius 3 is 2.79 bits per heavy atom. The van der Waals surface area contributed by atoms with Crippen molar-refractivity contribution < 1.29 is 4.79 Å². The fourth-order valence-corrected chi connectivity index (χ4v) is 1.52. The van der Waals surface area contributed by atoms with Gasteiger partial charge in [0.1, 0.15) is 5.69 Å². The highest BCUT2D eigenvalue weighted by atomic mass is 16.2. The molecule has 2 aromatic rings. The summed E-state index contributed by atoms with van der Waals surface area (Å²) in [6, 6.07) is 12.4. The van der Waals surface area contributed by atoms with E-state index in [2.05, 4.69) is 15.5 Å². The lowest BCUT2D eigenvalue weighted by molar-refractivity contribution is 0.0950. The molecule has 1 amide bonds. The summed E-state index contributed by atoms with van der Waals surface area (Å²) in [4.78, 5) is 15.7. The van der Waals surface area contributed by atoms with Crippen molar-refractivity contribution in [3.8, 4) is 0 Å². The second kappa shape index (κ2) is 5.77. The number of hydrazone groups is 1. The summed E-state index contributed by atoms with van der Waals surface area (Å²) in [6.45, 7) is 1.80. The normalized spacial score (nSPS) is 11.1. The molecule has 5 heteroatoms. The SMILES string of the molecule is CC(=NNC(=O)c1ccccn1)c1cccc(N)c1. The van der Waals surface area contributed by atoms with Crippen LogP contribution in [0.25, 0.3) is 0 Å². The van der Waals surface area contributed by atoms with Gasteiger partial charge in [0.15, 0.2) is 0 Å². The van der Waals surface area contributed by atoms with Gasteiger partial charge in [-0.2, -0.15) is 5.10 Å². The van der Waals surface area contributed by atoms with Crippen LogP contribution >= 0.6 is 0 Å². The molecule has 0 spiro atoms. The minimum atomic E-state index is -0.344. The van der Waals surface area contributed by atoms with Crippen molar-refractivity contribution in [1.29, 1.82) is 0 Å². The number of pyridine rings is 1. The predicted octanol–water partition coefficient (Wildman–Crippen LogP) is 1.82. The first kappa shape index (κ1) is 12.8. The molecule has 0 aliphatic heterocycles. The van der Waals surface area contributed by atoms with Gasteiger partial charge >= 0.3 is 0 Å². The van der Waals surface area contributed by atoms with E-state index in [0.29, 0.717) is 17.1 Å². The Morgan fingerprint density at radius 1 is 1.26 bits per heavy atom. The van der Waals surface area contributed by atoms with E-state index >= 15 is 0 Å². The molecule has 0 radical (unpaired) electrons. The average Bonchev–Trinajstić information content (AvgIpc) is 2.45. The molecular weight excluding hydrogens is 240 g/mol. The molecule has 0 aliphatic rings. The van der Waals surface area contributed by atoms with Crippen LogP contribution in [0.4, 0.5) is 5.69 Å². The Labute approximate surface area is 111 Å². The summed E-state index contributed by atoms with van der Waals surface area (Å²) in [5, 5.41) is 4.03. The second-order valence-corrected chi connectivity index (χ2v) is 3.98. The lowest BCUT2D eigenvalue weighted by Gasteiger charge is -2.03. The van der Waals surface area contributed by atoms with Gasteiger partial charge in [-0.3, -0.25) is 9.78 Å². The summed E-state index contributed by atoms with van der Waals surface area (Å²) in [5.41, 5.74) is 10.7. The zero-order chi connectivity index (χ0) is 13.7. The van der Waals surface area contributed by atoms with Crippen molar-refractivity contribution in [3.63, 3.8) is 0 Å². The zero-order valence-corrected chi connectivity index (χ0v) is 10.5. The van der Waals surface area contributed by atoms with Gasteiger partial charge in [0, 0.05) is 11.9 Å². The third-order valence-corrected chi connectivity index (χ3v) is 2.53. The number of amides is 1. The Morgan fingerprint density at radius 2 is 2.11 bits per heavy atom. The van der Waals surface area contributed by atoms with E-state index in [4.69, 9.17) is 5.73 Å². The lowest BCUT2D eigenvalue weighted by atomic mass is 10.1. The molecule has 0 bridgehead atoms. The number of hydrogen-bond acceptors (Lipinski definition) is 4. The number of rotatable bonds is 3. The van der Waals surface area contributed by atoms with Crippen molar-refractivity contribution in [2.75, 3.05) is 5.73 Å². The number of carbonyl (C=O) groups excluding carboxylic acids is 1. The van der Waals surface area contributed by atoms with Crippen LogP contribution in [-0.2, 0) is 0 Å². The highest BCUT2D eigenvalue weighted by Crippen LogP contribution is 2.07. The van der Waals surface area contributed by atoms with E-state index < -0.39 is 0 Å². The third-order valence-electron chi connectivity index (χ3n) is 2.53. The number of aromatic nitrogens is 1. The predicted molar refractivity (Wildman–Crippen MR) is 74.8 cm³/mol. The molecule has 2 rings (SSSR count). The van der Waals surface area contributed by atoms with Crippen LogP contribution in [0.15, 0.2) is 53.8 Å². The van der Waals surface area contributed by atoms with E-state index in [-0.39, 0.29) is 5.91 Å². The molecule has 1 aromatic carbocycles. The molecule has 0 saturated carbocycles. The van der Waals surface area contributed by atoms with Crippen LogP contribution in [0.3, 0.4) is 0 Å². The highest BCUT2D eigenvalue weighted by Gasteiger charge is 2.05. The maximum atomic E-state index is 11.7. The monoisotopic (exact) mass is 254 g/mol. The van der Waals surface area contributed by atoms with Crippen LogP contribution in [-0.4, -0.2) is 16.6 Å². The number of nitrogens with zero attached hydrogens (tertiary/aromatic N) is 2. The summed E-state index contributed by atoms with van der Waals surface area (Å²) in [7, 11) is 0. The molecule has 19 heavy (non-hydrogen) atoms. The van der Waals surface area contributed by atoms with Crippen molar-refractivity contribution in [3.05, 3.63) is 59.9 Å². The van der Waals surface area contributed by atoms with E-state index in [0.717, 1.165) is 5.56 Å². The minimum Gasteiger partial charge on any atom is -0.399 e. The Kier molecular flexibility index (Phi) is 3.87. The van der Waals surface area contributed by atoms with Crippen molar-refractivity contribution in [2.45, 2.75) is 6.92 Å². The summed E-state index contributed by atoms with van der Waals surface area (Å²) in [6.07, 6.45) is 1.56. The summed E-state index contributed by atoms with van der Waals surface area (Å²) >= 11 is 0. The molecule has 0 unspecified atom stereocenters. The molecule has 1 heterocycles. The number of nitrogen functional groups attached to an aromatic ring is 1. The molecule has 0 atom stereocenters. The van der Waals surface area contributed by atoms with E-state index in [1.165, 1.54) is 0 Å². The van der Waals surface area contributed by atoms with Gasteiger partial charge in [-0.1, -0.05) is 18.2 Å². The lowest BCUT2D eigenvalue weighted by Crippen LogP contribution is -2.20. The summed E-state index contributed by atoms with van der Waals surface area (Å²) < 4.78 is 0. The van der Waals surface area contributed by atoms with Gasteiger partial charge < -0.3 is 5.73 Å². The number of nitrogens with two attached hydrogens (primary N) is 1. The fraction of sp³-hybridized carbons (Fsp3) is 0.0714. The van der Waals surface area contributed by atoms with Gasteiger partial charge in [-0.15, -0.1) is 0 Å². The van der Waals surface area contributed by atoms with Gasteiger partial charge in [-0.05, 0) is 36.8 Å². The first-order valence-corrected chi connectivity index (χ1v) is 5.78. The second-order valence-electron chi connectivity index (χ2n) is 3.98. The first-order chi connectivity index (χ1) is 9.16. The van der Waals surface area contributed by atoms with Crippen molar-refractivity contribution >= 4 is 17.3 Å². The van der Waals surface area contributed by atoms with Crippen LogP contribution < -0.4 is 11.2 Å². The molecule has 96 valence electrons. The van der Waals surface area contributed by atoms with Crippen molar-refractivity contribution in [1.82, 2.24) is 10.4 Å². The van der Waals surface area contributed by atoms with Crippen LogP contribution in [0.5, 0.6) is 0 Å². The number of anilines is 1. The highest BCUT2D eigenvalue weighted by molar-refractivity contribution is 6.00. The molecule has 5 nitrogen and oxygen atoms in total. The molecule has 0 aliphatic carbocycles. The first-order valence-electron chi connectivity index (χ1n) is 5.78. The van der Waals surface area contributed by atoms with Crippen LogP contribution in [0, 0.1) is 0 Å². The standard InChI is InChI=1S/C14H14N4O/c1-10(11-5-4-6-12(15)9-11)17-18-14(19)13-7-2-3-8-16-13/h2-9H,15H2,1H3,(H,18,19). The smallest absolute Gasteiger partial charge is 0.289 e. The zero-order valence-electron chi connectivity index (χ0n) is 10.5. The number of hydrogen-bond donors (Lipinski definition) is 2. The van der Waals surface area contributed by atoms with Gasteiger partial charge in [0.05, 0.1) is 5.71 Å². The largest absolute Gasteiger partial charge is 0.399 e. The van der Waals surface area contributed by atoms with E-state index in [9.17, 15) is 4.79 Å². The van der Waals surface area contributed by atoms with Gasteiger partial charge in [0.2, 0.25) is 0 Å². The number of nitrogens with one attached hydrogen (secondary N) is 1. The van der Waals surface area contributed by atoms with E-state index in [1.54, 1.807) is 43.5 Å². The molecular formula is C14H14N4O. The third kappa shape index (κ3) is 3.38. The Hall–Kier alpha value is -2.69. The molecule has 0 saturated heterocycles. The van der Waals surface area contributed by atoms with Crippen LogP contribution in [0.1, 0.15) is 23.0 Å². The maximum absolute atomic E-state index is 11.7. The van der Waals surface area contributed by atoms with Gasteiger partial charge in [0.25, 0.3) is 5.91 Å². The molecule has 3 N–H and O–H groups in total. The maximum Gasteiger partial charge on any atom is 0.289 e. The number of benzene rings is 1. The van der Waals surface area contributed by atoms with Crippen LogP contribution in [0.2, 0.25) is 0 Å². The minimum absolute atomic E-state index is 0.326. The van der Waals surface area contributed by atoms with Crippen molar-refractivity contribution in [2.24, 2.45) is 5.10 Å². The number of carbonyl (C=O) groups is 1. The Balaban J connectivity index is 2.09. The molecule has 0 fully saturated rings. The van der Waals surface area contributed by atoms with E-state index in [1.807, 2.05) is 12.1 Å². The summed E-state index contributed by atoms with van der Waals surface area (Å²) in [5.74, 6) is -0.344. The Bertz CT molecular complexity index is 608. The quantitative estimate of drug-likeness (QED) is 0.498. The average molecular weight is 254 g/mol.